The third-order valence-electron chi connectivity index (χ3n) is 4.87. The third kappa shape index (κ3) is 6.89. The van der Waals surface area contributed by atoms with Crippen molar-refractivity contribution in [3.63, 3.8) is 0 Å². The van der Waals surface area contributed by atoms with Gasteiger partial charge in [0.15, 0.2) is 0 Å². The van der Waals surface area contributed by atoms with Gasteiger partial charge in [-0.05, 0) is 42.7 Å². The van der Waals surface area contributed by atoms with E-state index in [2.05, 4.69) is 23.2 Å². The predicted octanol–water partition coefficient (Wildman–Crippen LogP) is 4.91. The zero-order valence-electron chi connectivity index (χ0n) is 18.1. The zero-order chi connectivity index (χ0) is 22.1. The maximum Gasteiger partial charge on any atom is 0.224 e. The highest BCUT2D eigenvalue weighted by molar-refractivity contribution is 7.09. The molecule has 3 rings (SSSR count). The Balaban J connectivity index is 1.69. The fraction of sp³-hybridized carbons (Fsp3) is 0.435. The zero-order valence-corrected chi connectivity index (χ0v) is 18.9. The summed E-state index contributed by atoms with van der Waals surface area (Å²) >= 11 is 1.31. The molecule has 3 aromatic rings. The predicted molar refractivity (Wildman–Crippen MR) is 121 cm³/mol. The van der Waals surface area contributed by atoms with Crippen molar-refractivity contribution in [3.8, 4) is 0 Å². The van der Waals surface area contributed by atoms with E-state index >= 15 is 0 Å². The third-order valence-corrected chi connectivity index (χ3v) is 5.68. The van der Waals surface area contributed by atoms with Gasteiger partial charge in [0.25, 0.3) is 0 Å². The van der Waals surface area contributed by atoms with Crippen molar-refractivity contribution in [2.75, 3.05) is 24.5 Å². The monoisotopic (exact) mass is 444 g/mol. The Bertz CT molecular complexity index is 921. The normalized spacial score (nSPS) is 10.9. The van der Waals surface area contributed by atoms with Crippen molar-refractivity contribution >= 4 is 22.6 Å². The average molecular weight is 445 g/mol. The van der Waals surface area contributed by atoms with Gasteiger partial charge in [-0.1, -0.05) is 26.0 Å². The number of hydrogen-bond donors (Lipinski definition) is 0. The van der Waals surface area contributed by atoms with Gasteiger partial charge in [0.05, 0.1) is 12.8 Å². The Morgan fingerprint density at radius 2 is 1.84 bits per heavy atom. The Morgan fingerprint density at radius 3 is 2.48 bits per heavy atom. The molecule has 0 aliphatic carbocycles. The molecule has 0 fully saturated rings. The van der Waals surface area contributed by atoms with Crippen LogP contribution in [-0.2, 0) is 17.8 Å². The number of hydrogen-bond acceptors (Lipinski definition) is 6. The molecule has 0 N–H and O–H groups in total. The summed E-state index contributed by atoms with van der Waals surface area (Å²) in [5.74, 6) is 1.39. The maximum absolute atomic E-state index is 13.1. The molecule has 166 valence electrons. The molecule has 0 radical (unpaired) electrons. The van der Waals surface area contributed by atoms with Crippen molar-refractivity contribution in [2.45, 2.75) is 46.1 Å². The molecule has 0 aliphatic rings. The highest BCUT2D eigenvalue weighted by Crippen LogP contribution is 2.22. The van der Waals surface area contributed by atoms with E-state index in [1.807, 2.05) is 21.9 Å². The number of aromatic nitrogens is 2. The molecule has 8 heteroatoms. The van der Waals surface area contributed by atoms with Crippen LogP contribution in [0.3, 0.4) is 0 Å². The molecule has 0 atom stereocenters. The van der Waals surface area contributed by atoms with E-state index in [1.165, 1.54) is 23.7 Å². The van der Waals surface area contributed by atoms with E-state index in [0.717, 1.165) is 42.4 Å². The number of halogens is 1. The first-order valence-electron chi connectivity index (χ1n) is 10.7. The van der Waals surface area contributed by atoms with E-state index in [9.17, 15) is 9.18 Å². The van der Waals surface area contributed by atoms with E-state index in [-0.39, 0.29) is 11.7 Å². The van der Waals surface area contributed by atoms with Crippen LogP contribution in [0.15, 0.2) is 47.1 Å². The highest BCUT2D eigenvalue weighted by Gasteiger charge is 2.18. The number of amides is 1. The summed E-state index contributed by atoms with van der Waals surface area (Å²) in [6.45, 7) is 6.80. The number of rotatable bonds is 12. The minimum Gasteiger partial charge on any atom is -0.467 e. The van der Waals surface area contributed by atoms with Crippen molar-refractivity contribution in [2.24, 2.45) is 0 Å². The molecular weight excluding hydrogens is 415 g/mol. The molecule has 0 aliphatic heterocycles. The van der Waals surface area contributed by atoms with Gasteiger partial charge in [-0.3, -0.25) is 4.79 Å². The summed E-state index contributed by atoms with van der Waals surface area (Å²) in [5, 5.41) is 0.749. The van der Waals surface area contributed by atoms with Gasteiger partial charge in [0.2, 0.25) is 11.0 Å². The smallest absolute Gasteiger partial charge is 0.224 e. The fourth-order valence-corrected chi connectivity index (χ4v) is 4.06. The Kier molecular flexibility index (Phi) is 8.58. The number of furan rings is 1. The largest absolute Gasteiger partial charge is 0.467 e. The molecule has 1 amide bonds. The second-order valence-electron chi connectivity index (χ2n) is 7.43. The Labute approximate surface area is 186 Å². The summed E-state index contributed by atoms with van der Waals surface area (Å²) < 4.78 is 23.1. The van der Waals surface area contributed by atoms with Gasteiger partial charge in [0.1, 0.15) is 17.4 Å². The lowest BCUT2D eigenvalue weighted by Crippen LogP contribution is -2.35. The number of carbonyl (C=O) groups is 1. The van der Waals surface area contributed by atoms with Gasteiger partial charge in [-0.15, -0.1) is 0 Å². The fourth-order valence-electron chi connectivity index (χ4n) is 3.35. The van der Waals surface area contributed by atoms with Crippen LogP contribution in [-0.4, -0.2) is 39.8 Å². The lowest BCUT2D eigenvalue weighted by molar-refractivity contribution is -0.131. The lowest BCUT2D eigenvalue weighted by Gasteiger charge is -2.24. The van der Waals surface area contributed by atoms with E-state index in [1.54, 1.807) is 18.4 Å². The van der Waals surface area contributed by atoms with Crippen LogP contribution in [0, 0.1) is 5.82 Å². The standard InChI is InChI=1S/C23H29FN4O2S/c1-3-12-27(13-4-2)22(29)11-14-28(17-20-6-5-15-30-20)23-25-21(26-31-23)16-18-7-9-19(24)10-8-18/h5-10,15H,3-4,11-14,16-17H2,1-2H3. The number of carbonyl (C=O) groups excluding carboxylic acids is 1. The van der Waals surface area contributed by atoms with Crippen LogP contribution >= 0.6 is 11.5 Å². The highest BCUT2D eigenvalue weighted by atomic mass is 32.1. The first-order valence-corrected chi connectivity index (χ1v) is 11.5. The second-order valence-corrected chi connectivity index (χ2v) is 8.16. The SMILES string of the molecule is CCCN(CCC)C(=O)CCN(Cc1ccco1)c1nc(Cc2ccc(F)cc2)ns1. The van der Waals surface area contributed by atoms with Crippen LogP contribution in [0.25, 0.3) is 0 Å². The van der Waals surface area contributed by atoms with Crippen LogP contribution in [0.4, 0.5) is 9.52 Å². The van der Waals surface area contributed by atoms with Gasteiger partial charge in [0, 0.05) is 44.0 Å². The molecule has 1 aromatic carbocycles. The van der Waals surface area contributed by atoms with Crippen LogP contribution in [0.1, 0.15) is 50.3 Å². The Morgan fingerprint density at radius 1 is 1.10 bits per heavy atom. The first-order chi connectivity index (χ1) is 15.1. The molecule has 0 unspecified atom stereocenters. The molecule has 2 heterocycles. The molecule has 6 nitrogen and oxygen atoms in total. The lowest BCUT2D eigenvalue weighted by atomic mass is 10.1. The maximum atomic E-state index is 13.1. The quantitative estimate of drug-likeness (QED) is 0.397. The second kappa shape index (κ2) is 11.6. The molecule has 31 heavy (non-hydrogen) atoms. The molecule has 0 spiro atoms. The van der Waals surface area contributed by atoms with Crippen LogP contribution < -0.4 is 4.90 Å². The number of anilines is 1. The van der Waals surface area contributed by atoms with Gasteiger partial charge in [-0.25, -0.2) is 9.37 Å². The van der Waals surface area contributed by atoms with Crippen molar-refractivity contribution in [1.29, 1.82) is 0 Å². The van der Waals surface area contributed by atoms with Crippen molar-refractivity contribution < 1.29 is 13.6 Å². The summed E-state index contributed by atoms with van der Waals surface area (Å²) in [7, 11) is 0. The van der Waals surface area contributed by atoms with Crippen molar-refractivity contribution in [1.82, 2.24) is 14.3 Å². The summed E-state index contributed by atoms with van der Waals surface area (Å²) in [6, 6.07) is 10.1. The van der Waals surface area contributed by atoms with Gasteiger partial charge in [-0.2, -0.15) is 4.37 Å². The minimum absolute atomic E-state index is 0.157. The molecule has 2 aromatic heterocycles. The molecular formula is C23H29FN4O2S. The summed E-state index contributed by atoms with van der Waals surface area (Å²) in [4.78, 5) is 21.4. The topological polar surface area (TPSA) is 62.5 Å². The van der Waals surface area contributed by atoms with Crippen molar-refractivity contribution in [3.05, 3.63) is 65.6 Å². The average Bonchev–Trinajstić information content (AvgIpc) is 3.44. The minimum atomic E-state index is -0.259. The first kappa shape index (κ1) is 22.9. The van der Waals surface area contributed by atoms with Gasteiger partial charge >= 0.3 is 0 Å². The Hall–Kier alpha value is -2.74. The molecule has 0 saturated heterocycles. The number of benzene rings is 1. The van der Waals surface area contributed by atoms with E-state index in [0.29, 0.717) is 31.8 Å². The molecule has 0 bridgehead atoms. The summed E-state index contributed by atoms with van der Waals surface area (Å²) in [5.41, 5.74) is 0.952. The van der Waals surface area contributed by atoms with Crippen LogP contribution in [0.5, 0.6) is 0 Å². The van der Waals surface area contributed by atoms with E-state index in [4.69, 9.17) is 4.42 Å². The molecule has 0 saturated carbocycles. The summed E-state index contributed by atoms with van der Waals surface area (Å²) in [6.07, 6.45) is 4.48. The van der Waals surface area contributed by atoms with E-state index < -0.39 is 0 Å². The van der Waals surface area contributed by atoms with Gasteiger partial charge < -0.3 is 14.2 Å². The van der Waals surface area contributed by atoms with Crippen LogP contribution in [0.2, 0.25) is 0 Å². The number of nitrogens with zero attached hydrogens (tertiary/aromatic N) is 4.